The lowest BCUT2D eigenvalue weighted by Gasteiger charge is -2.31. The highest BCUT2D eigenvalue weighted by Crippen LogP contribution is 2.32. The number of nitrogens with one attached hydrogen (secondary N) is 1. The minimum Gasteiger partial charge on any atom is -0.464 e. The third kappa shape index (κ3) is 1.76. The smallest absolute Gasteiger partial charge is 0.139 e. The van der Waals surface area contributed by atoms with Gasteiger partial charge in [0.2, 0.25) is 0 Å². The summed E-state index contributed by atoms with van der Waals surface area (Å²) in [5.74, 6) is 1.59. The first-order chi connectivity index (χ1) is 7.83. The molecule has 0 radical (unpaired) electrons. The van der Waals surface area contributed by atoms with Crippen LogP contribution in [0.25, 0.3) is 11.0 Å². The Morgan fingerprint density at radius 3 is 3.12 bits per heavy atom. The first-order valence-electron chi connectivity index (χ1n) is 5.53. The number of aromatic nitrogens is 1. The summed E-state index contributed by atoms with van der Waals surface area (Å²) in [6, 6.07) is 3.81. The topological polar surface area (TPSA) is 38.1 Å². The molecule has 1 fully saturated rings. The highest BCUT2D eigenvalue weighted by atomic mass is 35.5. The van der Waals surface area contributed by atoms with Crippen molar-refractivity contribution in [2.45, 2.75) is 18.2 Å². The quantitative estimate of drug-likeness (QED) is 0.832. The van der Waals surface area contributed by atoms with Crippen molar-refractivity contribution >= 4 is 28.4 Å². The molecule has 2 heterocycles. The minimum absolute atomic E-state index is 0.379. The zero-order valence-corrected chi connectivity index (χ0v) is 9.57. The molecule has 0 bridgehead atoms. The van der Waals surface area contributed by atoms with Crippen LogP contribution in [0.5, 0.6) is 0 Å². The average Bonchev–Trinajstić information content (AvgIpc) is 2.71. The van der Waals surface area contributed by atoms with Crippen LogP contribution in [-0.2, 0) is 0 Å². The number of furan rings is 1. The fraction of sp³-hybridized carbons (Fsp3) is 0.417. The van der Waals surface area contributed by atoms with Crippen molar-refractivity contribution in [1.82, 2.24) is 4.98 Å². The van der Waals surface area contributed by atoms with E-state index >= 15 is 0 Å². The van der Waals surface area contributed by atoms with Gasteiger partial charge in [0.25, 0.3) is 0 Å². The van der Waals surface area contributed by atoms with Crippen molar-refractivity contribution in [3.63, 3.8) is 0 Å². The third-order valence-electron chi connectivity index (χ3n) is 3.12. The maximum Gasteiger partial charge on any atom is 0.139 e. The molecule has 3 nitrogen and oxygen atoms in total. The maximum atomic E-state index is 5.94. The standard InChI is InChI=1S/C12H13ClN2O/c13-9-5-8(6-9)7-15-12-10-2-4-16-11(10)1-3-14-12/h1-4,8-9H,5-7H2,(H,14,15). The van der Waals surface area contributed by atoms with Crippen molar-refractivity contribution in [1.29, 1.82) is 0 Å². The molecule has 1 aliphatic carbocycles. The molecule has 0 unspecified atom stereocenters. The number of fused-ring (bicyclic) bond motifs is 1. The fourth-order valence-electron chi connectivity index (χ4n) is 2.10. The molecule has 0 aromatic carbocycles. The van der Waals surface area contributed by atoms with E-state index < -0.39 is 0 Å². The van der Waals surface area contributed by atoms with Crippen molar-refractivity contribution in [3.05, 3.63) is 24.6 Å². The first kappa shape index (κ1) is 9.97. The summed E-state index contributed by atoms with van der Waals surface area (Å²) in [5.41, 5.74) is 0.876. The first-order valence-corrected chi connectivity index (χ1v) is 5.97. The Labute approximate surface area is 98.8 Å². The summed E-state index contributed by atoms with van der Waals surface area (Å²) in [6.07, 6.45) is 5.67. The zero-order valence-electron chi connectivity index (χ0n) is 8.82. The second kappa shape index (κ2) is 3.98. The lowest BCUT2D eigenvalue weighted by Crippen LogP contribution is -2.30. The van der Waals surface area contributed by atoms with Crippen LogP contribution in [0.1, 0.15) is 12.8 Å². The Kier molecular flexibility index (Phi) is 2.48. The third-order valence-corrected chi connectivity index (χ3v) is 3.47. The predicted molar refractivity (Wildman–Crippen MR) is 64.9 cm³/mol. The lowest BCUT2D eigenvalue weighted by atomic mass is 9.85. The van der Waals surface area contributed by atoms with Gasteiger partial charge in [-0.1, -0.05) is 0 Å². The number of hydrogen-bond donors (Lipinski definition) is 1. The monoisotopic (exact) mass is 236 g/mol. The minimum atomic E-state index is 0.379. The number of anilines is 1. The Hall–Kier alpha value is -1.22. The molecule has 84 valence electrons. The van der Waals surface area contributed by atoms with Gasteiger partial charge in [0.15, 0.2) is 0 Å². The van der Waals surface area contributed by atoms with E-state index in [1.165, 1.54) is 0 Å². The normalized spacial score (nSPS) is 24.3. The maximum absolute atomic E-state index is 5.94. The van der Waals surface area contributed by atoms with E-state index in [2.05, 4.69) is 10.3 Å². The van der Waals surface area contributed by atoms with Gasteiger partial charge in [-0.3, -0.25) is 0 Å². The molecule has 4 heteroatoms. The van der Waals surface area contributed by atoms with E-state index in [0.717, 1.165) is 36.2 Å². The molecular formula is C12H13ClN2O. The molecule has 0 amide bonds. The van der Waals surface area contributed by atoms with Crippen LogP contribution in [0.3, 0.4) is 0 Å². The van der Waals surface area contributed by atoms with E-state index in [-0.39, 0.29) is 0 Å². The Bertz CT molecular complexity index is 490. The van der Waals surface area contributed by atoms with Crippen molar-refractivity contribution in [2.75, 3.05) is 11.9 Å². The summed E-state index contributed by atoms with van der Waals surface area (Å²) < 4.78 is 5.32. The number of rotatable bonds is 3. The van der Waals surface area contributed by atoms with Gasteiger partial charge >= 0.3 is 0 Å². The summed E-state index contributed by atoms with van der Waals surface area (Å²) in [4.78, 5) is 4.32. The van der Waals surface area contributed by atoms with Crippen LogP contribution < -0.4 is 5.32 Å². The highest BCUT2D eigenvalue weighted by molar-refractivity contribution is 6.21. The van der Waals surface area contributed by atoms with Gasteiger partial charge in [-0.05, 0) is 30.9 Å². The van der Waals surface area contributed by atoms with Crippen molar-refractivity contribution in [2.24, 2.45) is 5.92 Å². The van der Waals surface area contributed by atoms with E-state index in [9.17, 15) is 0 Å². The van der Waals surface area contributed by atoms with Crippen LogP contribution >= 0.6 is 11.6 Å². The van der Waals surface area contributed by atoms with E-state index in [1.54, 1.807) is 12.5 Å². The van der Waals surface area contributed by atoms with Gasteiger partial charge in [-0.15, -0.1) is 11.6 Å². The summed E-state index contributed by atoms with van der Waals surface area (Å²) >= 11 is 5.94. The molecule has 0 atom stereocenters. The molecule has 2 aromatic rings. The summed E-state index contributed by atoms with van der Waals surface area (Å²) in [5, 5.41) is 4.79. The van der Waals surface area contributed by atoms with E-state index in [1.807, 2.05) is 12.1 Å². The van der Waals surface area contributed by atoms with Gasteiger partial charge in [-0.2, -0.15) is 0 Å². The van der Waals surface area contributed by atoms with Crippen LogP contribution in [0.2, 0.25) is 0 Å². The number of nitrogens with zero attached hydrogens (tertiary/aromatic N) is 1. The zero-order chi connectivity index (χ0) is 11.0. The average molecular weight is 237 g/mol. The van der Waals surface area contributed by atoms with E-state index in [0.29, 0.717) is 11.3 Å². The lowest BCUT2D eigenvalue weighted by molar-refractivity contribution is 0.341. The number of halogens is 1. The van der Waals surface area contributed by atoms with Crippen molar-refractivity contribution < 1.29 is 4.42 Å². The van der Waals surface area contributed by atoms with Crippen LogP contribution in [0.4, 0.5) is 5.82 Å². The van der Waals surface area contributed by atoms with Crippen LogP contribution in [0.15, 0.2) is 29.0 Å². The van der Waals surface area contributed by atoms with Crippen LogP contribution in [0, 0.1) is 5.92 Å². The fourth-order valence-corrected chi connectivity index (χ4v) is 2.60. The molecular weight excluding hydrogens is 224 g/mol. The molecule has 0 saturated heterocycles. The van der Waals surface area contributed by atoms with Crippen molar-refractivity contribution in [3.8, 4) is 0 Å². The molecule has 1 N–H and O–H groups in total. The van der Waals surface area contributed by atoms with Gasteiger partial charge < -0.3 is 9.73 Å². The molecule has 16 heavy (non-hydrogen) atoms. The largest absolute Gasteiger partial charge is 0.464 e. The number of pyridine rings is 1. The molecule has 1 saturated carbocycles. The summed E-state index contributed by atoms with van der Waals surface area (Å²) in [7, 11) is 0. The molecule has 0 aliphatic heterocycles. The molecule has 1 aliphatic rings. The Balaban J connectivity index is 1.71. The number of alkyl halides is 1. The predicted octanol–water partition coefficient (Wildman–Crippen LogP) is 3.26. The van der Waals surface area contributed by atoms with Crippen LogP contribution in [-0.4, -0.2) is 16.9 Å². The highest BCUT2D eigenvalue weighted by Gasteiger charge is 2.26. The summed E-state index contributed by atoms with van der Waals surface area (Å²) in [6.45, 7) is 0.945. The molecule has 2 aromatic heterocycles. The van der Waals surface area contributed by atoms with Gasteiger partial charge in [0, 0.05) is 18.1 Å². The van der Waals surface area contributed by atoms with Gasteiger partial charge in [0.1, 0.15) is 11.4 Å². The Morgan fingerprint density at radius 1 is 1.44 bits per heavy atom. The van der Waals surface area contributed by atoms with E-state index in [4.69, 9.17) is 16.0 Å². The van der Waals surface area contributed by atoms with Gasteiger partial charge in [-0.25, -0.2) is 4.98 Å². The van der Waals surface area contributed by atoms with Gasteiger partial charge in [0.05, 0.1) is 11.6 Å². The second-order valence-electron chi connectivity index (χ2n) is 4.31. The molecule has 0 spiro atoms. The molecule has 3 rings (SSSR count). The number of hydrogen-bond acceptors (Lipinski definition) is 3. The second-order valence-corrected chi connectivity index (χ2v) is 4.92. The SMILES string of the molecule is ClC1CC(CNc2nccc3occc23)C1. The Morgan fingerprint density at radius 2 is 2.31 bits per heavy atom.